The van der Waals surface area contributed by atoms with Gasteiger partial charge in [-0.3, -0.25) is 4.79 Å². The van der Waals surface area contributed by atoms with E-state index >= 15 is 0 Å². The third kappa shape index (κ3) is 3.78. The highest BCUT2D eigenvalue weighted by Crippen LogP contribution is 2.51. The molecule has 0 spiro atoms. The predicted molar refractivity (Wildman–Crippen MR) is 120 cm³/mol. The van der Waals surface area contributed by atoms with E-state index in [1.807, 2.05) is 11.0 Å². The lowest BCUT2D eigenvalue weighted by Crippen LogP contribution is -2.57. The van der Waals surface area contributed by atoms with E-state index in [1.54, 1.807) is 18.3 Å². The molecule has 1 aliphatic carbocycles. The lowest BCUT2D eigenvalue weighted by atomic mass is 10.0. The van der Waals surface area contributed by atoms with Crippen molar-refractivity contribution in [3.8, 4) is 6.07 Å². The number of nitriles is 1. The first-order valence-electron chi connectivity index (χ1n) is 10.9. The van der Waals surface area contributed by atoms with Gasteiger partial charge in [0.1, 0.15) is 24.3 Å². The molecule has 166 valence electrons. The molecule has 8 heteroatoms. The topological polar surface area (TPSA) is 69.5 Å². The third-order valence-electron chi connectivity index (χ3n) is 6.98. The van der Waals surface area contributed by atoms with Gasteiger partial charge in [-0.2, -0.15) is 5.26 Å². The average Bonchev–Trinajstić information content (AvgIpc) is 3.54. The maximum atomic E-state index is 13.5. The molecule has 1 saturated carbocycles. The summed E-state index contributed by atoms with van der Waals surface area (Å²) in [4.78, 5) is 21.8. The van der Waals surface area contributed by atoms with Gasteiger partial charge in [0.15, 0.2) is 0 Å². The van der Waals surface area contributed by atoms with Crippen LogP contribution in [0.15, 0.2) is 41.0 Å². The fourth-order valence-electron chi connectivity index (χ4n) is 5.15. The molecule has 2 aromatic rings. The number of rotatable bonds is 5. The Balaban J connectivity index is 1.25. The van der Waals surface area contributed by atoms with E-state index in [1.165, 1.54) is 12.1 Å². The van der Waals surface area contributed by atoms with Crippen molar-refractivity contribution >= 4 is 27.7 Å². The maximum absolute atomic E-state index is 13.5. The van der Waals surface area contributed by atoms with Gasteiger partial charge in [-0.25, -0.2) is 9.37 Å². The molecule has 1 aromatic carbocycles. The highest BCUT2D eigenvalue weighted by molar-refractivity contribution is 9.10. The molecule has 0 radical (unpaired) electrons. The highest BCUT2D eigenvalue weighted by atomic mass is 79.9. The van der Waals surface area contributed by atoms with E-state index in [2.05, 4.69) is 38.8 Å². The quantitative estimate of drug-likeness (QED) is 0.623. The van der Waals surface area contributed by atoms with Crippen molar-refractivity contribution in [2.45, 2.75) is 43.9 Å². The van der Waals surface area contributed by atoms with Gasteiger partial charge in [0.05, 0.1) is 17.2 Å². The summed E-state index contributed by atoms with van der Waals surface area (Å²) in [5.74, 6) is 1.00. The minimum absolute atomic E-state index is 0.00829. The fraction of sp³-hybridized carbons (Fsp3) is 0.458. The number of ether oxygens (including phenoxy) is 1. The van der Waals surface area contributed by atoms with Crippen LogP contribution in [0.1, 0.15) is 37.3 Å². The lowest BCUT2D eigenvalue weighted by Gasteiger charge is -2.42. The van der Waals surface area contributed by atoms with Gasteiger partial charge < -0.3 is 14.5 Å². The molecule has 3 aliphatic rings. The van der Waals surface area contributed by atoms with Crippen molar-refractivity contribution in [2.75, 3.05) is 24.6 Å². The number of benzene rings is 1. The van der Waals surface area contributed by atoms with E-state index in [9.17, 15) is 9.18 Å². The molecule has 2 unspecified atom stereocenters. The van der Waals surface area contributed by atoms with Gasteiger partial charge in [0.2, 0.25) is 5.91 Å². The van der Waals surface area contributed by atoms with Crippen LogP contribution in [-0.4, -0.2) is 47.6 Å². The first-order valence-corrected chi connectivity index (χ1v) is 11.7. The van der Waals surface area contributed by atoms with E-state index in [0.29, 0.717) is 29.0 Å². The number of amides is 1. The highest BCUT2D eigenvalue weighted by Gasteiger charge is 2.49. The van der Waals surface area contributed by atoms with Crippen LogP contribution in [0.4, 0.5) is 10.2 Å². The molecule has 32 heavy (non-hydrogen) atoms. The van der Waals surface area contributed by atoms with Crippen LogP contribution >= 0.6 is 15.9 Å². The van der Waals surface area contributed by atoms with Crippen LogP contribution in [-0.2, 0) is 15.1 Å². The second kappa shape index (κ2) is 8.13. The summed E-state index contributed by atoms with van der Waals surface area (Å²) in [6, 6.07) is 10.8. The predicted octanol–water partition coefficient (Wildman–Crippen LogP) is 3.99. The SMILES string of the molecule is C[C@H]1CC2CN(C(=O)COC3(c4ccc(F)cc4Br)CC3)CC1N2c1ccc(C#N)cn1. The zero-order chi connectivity index (χ0) is 22.5. The molecule has 2 bridgehead atoms. The van der Waals surface area contributed by atoms with Crippen molar-refractivity contribution < 1.29 is 13.9 Å². The normalized spacial score (nSPS) is 25.5. The Morgan fingerprint density at radius 1 is 1.34 bits per heavy atom. The zero-order valence-electron chi connectivity index (χ0n) is 17.8. The smallest absolute Gasteiger partial charge is 0.248 e. The lowest BCUT2D eigenvalue weighted by molar-refractivity contribution is -0.140. The Morgan fingerprint density at radius 3 is 2.78 bits per heavy atom. The molecule has 2 aliphatic heterocycles. The number of likely N-dealkylation sites (tertiary alicyclic amines) is 1. The number of carbonyl (C=O) groups excluding carboxylic acids is 1. The van der Waals surface area contributed by atoms with Crippen molar-refractivity contribution in [2.24, 2.45) is 5.92 Å². The number of carbonyl (C=O) groups is 1. The van der Waals surface area contributed by atoms with E-state index in [0.717, 1.165) is 30.6 Å². The minimum Gasteiger partial charge on any atom is -0.360 e. The number of piperazine rings is 1. The molecular formula is C24H24BrFN4O2. The number of anilines is 1. The van der Waals surface area contributed by atoms with Gasteiger partial charge in [-0.05, 0) is 55.0 Å². The number of aromatic nitrogens is 1. The number of fused-ring (bicyclic) bond motifs is 2. The summed E-state index contributed by atoms with van der Waals surface area (Å²) in [6.45, 7) is 3.51. The van der Waals surface area contributed by atoms with Gasteiger partial charge >= 0.3 is 0 Å². The van der Waals surface area contributed by atoms with Crippen LogP contribution in [0.5, 0.6) is 0 Å². The van der Waals surface area contributed by atoms with Crippen LogP contribution in [0.25, 0.3) is 0 Å². The standard InChI is InChI=1S/C24H24BrFN4O2/c1-15-8-18-12-29(13-21(15)30(18)22-5-2-16(10-27)11-28-22)23(31)14-32-24(6-7-24)19-4-3-17(26)9-20(19)25/h2-5,9,11,15,18,21H,6-8,12-14H2,1H3/t15-,18?,21?/m0/s1. The second-order valence-corrected chi connectivity index (χ2v) is 9.92. The largest absolute Gasteiger partial charge is 0.360 e. The molecule has 5 rings (SSSR count). The second-order valence-electron chi connectivity index (χ2n) is 9.06. The van der Waals surface area contributed by atoms with Crippen molar-refractivity contribution in [3.63, 3.8) is 0 Å². The molecule has 3 fully saturated rings. The van der Waals surface area contributed by atoms with Crippen LogP contribution in [0, 0.1) is 23.1 Å². The van der Waals surface area contributed by atoms with E-state index < -0.39 is 5.60 Å². The van der Waals surface area contributed by atoms with Crippen molar-refractivity contribution in [1.82, 2.24) is 9.88 Å². The number of pyridine rings is 1. The Kier molecular flexibility index (Phi) is 5.42. The maximum Gasteiger partial charge on any atom is 0.248 e. The number of hydrogen-bond donors (Lipinski definition) is 0. The Labute approximate surface area is 195 Å². The van der Waals surface area contributed by atoms with Gasteiger partial charge in [0, 0.05) is 29.8 Å². The summed E-state index contributed by atoms with van der Waals surface area (Å²) < 4.78 is 20.3. The first-order chi connectivity index (χ1) is 15.4. The summed E-state index contributed by atoms with van der Waals surface area (Å²) >= 11 is 3.43. The molecule has 3 heterocycles. The van der Waals surface area contributed by atoms with Crippen molar-refractivity contribution in [3.05, 3.63) is 57.9 Å². The summed E-state index contributed by atoms with van der Waals surface area (Å²) in [6.07, 6.45) is 4.26. The number of halogens is 2. The van der Waals surface area contributed by atoms with Gasteiger partial charge in [0.25, 0.3) is 0 Å². The average molecular weight is 499 g/mol. The first kappa shape index (κ1) is 21.4. The molecule has 0 N–H and O–H groups in total. The molecule has 2 saturated heterocycles. The monoisotopic (exact) mass is 498 g/mol. The summed E-state index contributed by atoms with van der Waals surface area (Å²) in [5, 5.41) is 9.03. The summed E-state index contributed by atoms with van der Waals surface area (Å²) in [7, 11) is 0. The van der Waals surface area contributed by atoms with E-state index in [-0.39, 0.29) is 30.4 Å². The number of hydrogen-bond acceptors (Lipinski definition) is 5. The van der Waals surface area contributed by atoms with Crippen LogP contribution in [0.3, 0.4) is 0 Å². The van der Waals surface area contributed by atoms with E-state index in [4.69, 9.17) is 10.00 Å². The minimum atomic E-state index is -0.497. The Morgan fingerprint density at radius 2 is 2.16 bits per heavy atom. The van der Waals surface area contributed by atoms with Gasteiger partial charge in [-0.15, -0.1) is 0 Å². The van der Waals surface area contributed by atoms with Crippen molar-refractivity contribution in [1.29, 1.82) is 5.26 Å². The third-order valence-corrected chi connectivity index (χ3v) is 7.64. The number of nitrogens with zero attached hydrogens (tertiary/aromatic N) is 4. The fourth-order valence-corrected chi connectivity index (χ4v) is 5.86. The van der Waals surface area contributed by atoms with Crippen LogP contribution in [0.2, 0.25) is 0 Å². The van der Waals surface area contributed by atoms with Gasteiger partial charge in [-0.1, -0.05) is 28.9 Å². The molecular weight excluding hydrogens is 475 g/mol. The molecule has 1 aromatic heterocycles. The molecule has 6 nitrogen and oxygen atoms in total. The summed E-state index contributed by atoms with van der Waals surface area (Å²) in [5.41, 5.74) is 0.946. The van der Waals surface area contributed by atoms with Crippen LogP contribution < -0.4 is 4.90 Å². The zero-order valence-corrected chi connectivity index (χ0v) is 19.4. The molecule has 1 amide bonds. The Hall–Kier alpha value is -2.50. The molecule has 3 atom stereocenters. The Bertz CT molecular complexity index is 1080.